The molecule has 17 heavy (non-hydrogen) atoms. The summed E-state index contributed by atoms with van der Waals surface area (Å²) in [7, 11) is 0. The number of halogens is 1. The maximum absolute atomic E-state index is 13.1. The molecule has 0 aliphatic carbocycles. The van der Waals surface area contributed by atoms with Crippen molar-refractivity contribution >= 4 is 10.9 Å². The number of aromatic nitrogens is 2. The minimum absolute atomic E-state index is 0.277. The van der Waals surface area contributed by atoms with E-state index in [9.17, 15) is 4.39 Å². The molecule has 0 saturated heterocycles. The molecule has 2 nitrogen and oxygen atoms in total. The summed E-state index contributed by atoms with van der Waals surface area (Å²) < 4.78 is 13.1. The second kappa shape index (κ2) is 3.94. The van der Waals surface area contributed by atoms with Crippen molar-refractivity contribution < 1.29 is 4.39 Å². The predicted octanol–water partition coefficient (Wildman–Crippen LogP) is 3.44. The van der Waals surface area contributed by atoms with Crippen LogP contribution in [0, 0.1) is 5.82 Å². The van der Waals surface area contributed by atoms with Crippen molar-refractivity contribution in [1.29, 1.82) is 0 Å². The van der Waals surface area contributed by atoms with Gasteiger partial charge in [-0.15, -0.1) is 0 Å². The SMILES string of the molecule is Fc1ccnc(-c2ccc3ncccc3c2)c1. The fraction of sp³-hybridized carbons (Fsp3) is 0. The molecule has 0 atom stereocenters. The van der Waals surface area contributed by atoms with Gasteiger partial charge in [0.05, 0.1) is 11.2 Å². The molecular weight excluding hydrogens is 215 g/mol. The first-order valence-electron chi connectivity index (χ1n) is 5.30. The van der Waals surface area contributed by atoms with Gasteiger partial charge in [0.1, 0.15) is 5.82 Å². The minimum Gasteiger partial charge on any atom is -0.256 e. The Morgan fingerprint density at radius 3 is 2.71 bits per heavy atom. The van der Waals surface area contributed by atoms with Crippen molar-refractivity contribution in [3.63, 3.8) is 0 Å². The second-order valence-corrected chi connectivity index (χ2v) is 3.77. The first-order chi connectivity index (χ1) is 8.33. The van der Waals surface area contributed by atoms with E-state index in [1.165, 1.54) is 18.3 Å². The zero-order chi connectivity index (χ0) is 11.7. The van der Waals surface area contributed by atoms with Gasteiger partial charge < -0.3 is 0 Å². The van der Waals surface area contributed by atoms with Crippen LogP contribution in [-0.2, 0) is 0 Å². The van der Waals surface area contributed by atoms with Crippen LogP contribution in [0.4, 0.5) is 4.39 Å². The Kier molecular flexibility index (Phi) is 2.29. The van der Waals surface area contributed by atoms with E-state index in [1.807, 2.05) is 30.3 Å². The van der Waals surface area contributed by atoms with Crippen LogP contribution >= 0.6 is 0 Å². The monoisotopic (exact) mass is 224 g/mol. The molecule has 0 bridgehead atoms. The van der Waals surface area contributed by atoms with Gasteiger partial charge in [-0.1, -0.05) is 12.1 Å². The quantitative estimate of drug-likeness (QED) is 0.632. The zero-order valence-corrected chi connectivity index (χ0v) is 8.97. The molecule has 0 radical (unpaired) electrons. The number of hydrogen-bond donors (Lipinski definition) is 0. The molecule has 3 rings (SSSR count). The lowest BCUT2D eigenvalue weighted by molar-refractivity contribution is 0.626. The first-order valence-corrected chi connectivity index (χ1v) is 5.30. The van der Waals surface area contributed by atoms with E-state index in [2.05, 4.69) is 9.97 Å². The minimum atomic E-state index is -0.277. The normalized spacial score (nSPS) is 10.6. The second-order valence-electron chi connectivity index (χ2n) is 3.77. The molecule has 0 aliphatic rings. The summed E-state index contributed by atoms with van der Waals surface area (Å²) in [5, 5.41) is 1.02. The fourth-order valence-electron chi connectivity index (χ4n) is 1.80. The van der Waals surface area contributed by atoms with Crippen molar-refractivity contribution in [2.45, 2.75) is 0 Å². The maximum Gasteiger partial charge on any atom is 0.126 e. The van der Waals surface area contributed by atoms with E-state index in [4.69, 9.17) is 0 Å². The third-order valence-electron chi connectivity index (χ3n) is 2.62. The number of pyridine rings is 2. The van der Waals surface area contributed by atoms with Gasteiger partial charge in [0, 0.05) is 29.4 Å². The van der Waals surface area contributed by atoms with Gasteiger partial charge in [-0.2, -0.15) is 0 Å². The van der Waals surface area contributed by atoms with Gasteiger partial charge in [0.2, 0.25) is 0 Å². The highest BCUT2D eigenvalue weighted by molar-refractivity contribution is 5.83. The van der Waals surface area contributed by atoms with Crippen LogP contribution in [-0.4, -0.2) is 9.97 Å². The Morgan fingerprint density at radius 1 is 0.882 bits per heavy atom. The molecule has 0 N–H and O–H groups in total. The summed E-state index contributed by atoms with van der Waals surface area (Å²) in [5.41, 5.74) is 2.45. The smallest absolute Gasteiger partial charge is 0.126 e. The van der Waals surface area contributed by atoms with Gasteiger partial charge in [-0.3, -0.25) is 9.97 Å². The first kappa shape index (κ1) is 9.90. The van der Waals surface area contributed by atoms with E-state index in [1.54, 1.807) is 6.20 Å². The largest absolute Gasteiger partial charge is 0.256 e. The number of hydrogen-bond acceptors (Lipinski definition) is 2. The zero-order valence-electron chi connectivity index (χ0n) is 8.97. The molecule has 0 saturated carbocycles. The topological polar surface area (TPSA) is 25.8 Å². The Morgan fingerprint density at radius 2 is 1.82 bits per heavy atom. The Balaban J connectivity index is 2.18. The number of rotatable bonds is 1. The van der Waals surface area contributed by atoms with Crippen LogP contribution in [0.15, 0.2) is 54.9 Å². The van der Waals surface area contributed by atoms with Crippen LogP contribution in [0.1, 0.15) is 0 Å². The average molecular weight is 224 g/mol. The molecule has 3 heteroatoms. The molecule has 2 aromatic heterocycles. The van der Waals surface area contributed by atoms with Crippen molar-refractivity contribution in [2.75, 3.05) is 0 Å². The lowest BCUT2D eigenvalue weighted by atomic mass is 10.1. The van der Waals surface area contributed by atoms with Crippen molar-refractivity contribution in [3.8, 4) is 11.3 Å². The summed E-state index contributed by atoms with van der Waals surface area (Å²) in [6.07, 6.45) is 3.22. The molecule has 82 valence electrons. The standard InChI is InChI=1S/C14H9FN2/c15-12-5-7-17-14(9-12)11-3-4-13-10(8-11)2-1-6-16-13/h1-9H. The Hall–Kier alpha value is -2.29. The average Bonchev–Trinajstić information content (AvgIpc) is 2.38. The molecule has 1 aromatic carbocycles. The number of benzene rings is 1. The van der Waals surface area contributed by atoms with E-state index in [-0.39, 0.29) is 5.82 Å². The highest BCUT2D eigenvalue weighted by Crippen LogP contribution is 2.22. The van der Waals surface area contributed by atoms with Crippen molar-refractivity contribution in [2.24, 2.45) is 0 Å². The molecule has 0 fully saturated rings. The van der Waals surface area contributed by atoms with Gasteiger partial charge in [-0.25, -0.2) is 4.39 Å². The van der Waals surface area contributed by atoms with E-state index in [0.29, 0.717) is 5.69 Å². The maximum atomic E-state index is 13.1. The Bertz CT molecular complexity index is 680. The summed E-state index contributed by atoms with van der Waals surface area (Å²) in [5.74, 6) is -0.277. The Labute approximate surface area is 97.8 Å². The van der Waals surface area contributed by atoms with Gasteiger partial charge >= 0.3 is 0 Å². The molecular formula is C14H9FN2. The molecule has 0 unspecified atom stereocenters. The lowest BCUT2D eigenvalue weighted by Crippen LogP contribution is -1.85. The molecule has 3 aromatic rings. The number of fused-ring (bicyclic) bond motifs is 1. The molecule has 0 aliphatic heterocycles. The van der Waals surface area contributed by atoms with Crippen LogP contribution in [0.5, 0.6) is 0 Å². The van der Waals surface area contributed by atoms with Crippen LogP contribution in [0.25, 0.3) is 22.2 Å². The third-order valence-corrected chi connectivity index (χ3v) is 2.62. The van der Waals surface area contributed by atoms with E-state index >= 15 is 0 Å². The van der Waals surface area contributed by atoms with Gasteiger partial charge in [0.15, 0.2) is 0 Å². The summed E-state index contributed by atoms with van der Waals surface area (Å²) in [6, 6.07) is 12.4. The third kappa shape index (κ3) is 1.87. The van der Waals surface area contributed by atoms with Crippen LogP contribution < -0.4 is 0 Å². The summed E-state index contributed by atoms with van der Waals surface area (Å²) >= 11 is 0. The van der Waals surface area contributed by atoms with Gasteiger partial charge in [0.25, 0.3) is 0 Å². The van der Waals surface area contributed by atoms with Gasteiger partial charge in [-0.05, 0) is 24.3 Å². The fourth-order valence-corrected chi connectivity index (χ4v) is 1.80. The highest BCUT2D eigenvalue weighted by Gasteiger charge is 2.02. The molecule has 2 heterocycles. The highest BCUT2D eigenvalue weighted by atomic mass is 19.1. The molecule has 0 amide bonds. The van der Waals surface area contributed by atoms with Crippen molar-refractivity contribution in [3.05, 3.63) is 60.7 Å². The van der Waals surface area contributed by atoms with E-state index < -0.39 is 0 Å². The lowest BCUT2D eigenvalue weighted by Gasteiger charge is -2.02. The summed E-state index contributed by atoms with van der Waals surface area (Å²) in [4.78, 5) is 8.40. The summed E-state index contributed by atoms with van der Waals surface area (Å²) in [6.45, 7) is 0. The predicted molar refractivity (Wildman–Crippen MR) is 64.9 cm³/mol. The van der Waals surface area contributed by atoms with Crippen LogP contribution in [0.3, 0.4) is 0 Å². The van der Waals surface area contributed by atoms with E-state index in [0.717, 1.165) is 16.5 Å². The number of nitrogens with zero attached hydrogens (tertiary/aromatic N) is 2. The molecule has 0 spiro atoms. The van der Waals surface area contributed by atoms with Crippen molar-refractivity contribution in [1.82, 2.24) is 9.97 Å². The van der Waals surface area contributed by atoms with Crippen LogP contribution in [0.2, 0.25) is 0 Å².